The summed E-state index contributed by atoms with van der Waals surface area (Å²) in [5.41, 5.74) is 70.0. The van der Waals surface area contributed by atoms with E-state index < -0.39 is 137 Å². The van der Waals surface area contributed by atoms with Gasteiger partial charge in [0.1, 0.15) is 60.4 Å². The van der Waals surface area contributed by atoms with Crippen LogP contribution >= 0.6 is 0 Å². The Labute approximate surface area is 660 Å². The average molecular weight is 1580 g/mol. The number of fused-ring (bicyclic) bond motifs is 1. The van der Waals surface area contributed by atoms with Gasteiger partial charge in [-0.05, 0) is 124 Å². The third-order valence-electron chi connectivity index (χ3n) is 18.1. The molecule has 0 radical (unpaired) electrons. The van der Waals surface area contributed by atoms with Crippen LogP contribution < -0.4 is 122 Å². The number of nitrogens with one attached hydrogen (secondary N) is 11. The van der Waals surface area contributed by atoms with Crippen molar-refractivity contribution in [3.63, 3.8) is 0 Å². The number of rotatable bonds is 53. The second-order valence-electron chi connectivity index (χ2n) is 29.3. The highest BCUT2D eigenvalue weighted by molar-refractivity contribution is 6.00. The largest absolute Gasteiger partial charge is 0.370 e. The van der Waals surface area contributed by atoms with E-state index in [1.807, 2.05) is 38.1 Å². The number of guanidine groups is 5. The van der Waals surface area contributed by atoms with Gasteiger partial charge in [-0.2, -0.15) is 0 Å². The summed E-state index contributed by atoms with van der Waals surface area (Å²) in [5.74, 6) is -11.1. The van der Waals surface area contributed by atoms with Crippen LogP contribution in [-0.2, 0) is 65.6 Å². The number of primary amides is 1. The molecule has 2 aromatic carbocycles. The van der Waals surface area contributed by atoms with Crippen molar-refractivity contribution in [1.82, 2.24) is 58.2 Å². The second-order valence-corrected chi connectivity index (χ2v) is 29.3. The van der Waals surface area contributed by atoms with Gasteiger partial charge in [0.05, 0.1) is 6.04 Å². The summed E-state index contributed by atoms with van der Waals surface area (Å²) in [4.78, 5) is 183. The predicted octanol–water partition coefficient (Wildman–Crippen LogP) is -3.93. The summed E-state index contributed by atoms with van der Waals surface area (Å²) in [7, 11) is 0. The fourth-order valence-electron chi connectivity index (χ4n) is 12.1. The number of aliphatic imine (C=N–C) groups is 5. The topological polar surface area (TPSA) is 698 Å². The Kier molecular flexibility index (Phi) is 42.6. The predicted molar refractivity (Wildman–Crippen MR) is 436 cm³/mol. The summed E-state index contributed by atoms with van der Waals surface area (Å²) < 4.78 is 0. The summed E-state index contributed by atoms with van der Waals surface area (Å²) in [5, 5.41) is 28.4. The number of aromatic nitrogens is 1. The summed E-state index contributed by atoms with van der Waals surface area (Å²) >= 11 is 0. The first-order valence-electron chi connectivity index (χ1n) is 38.3. The number of benzene rings is 2. The Morgan fingerprint density at radius 3 is 1.05 bits per heavy atom. The Bertz CT molecular complexity index is 3710. The number of nitrogens with zero attached hydrogens (tertiary/aromatic N) is 5. The molecule has 39 heteroatoms. The van der Waals surface area contributed by atoms with E-state index >= 15 is 14.4 Å². The highest BCUT2D eigenvalue weighted by Gasteiger charge is 2.38. The summed E-state index contributed by atoms with van der Waals surface area (Å²) in [6.45, 7) is 14.6. The SMILES string of the molecule is CC[C@H](C)[C@H](NC(=O)[C@H](CCCN=C(N)N)NC(=O)[C@H](CCCN=C(N)N)NC(=O)[C@H](Cc1ccccc1)NC(=O)[C@H](CC(C)C)NC(=O)[C@H](CCCN=C(N)N)NC(=O)[C@@H](N)CCCN=C(N)N)C(=O)N[C@@H](CC(C)C)C(=O)N[C@@H](CCCN=C(N)N)C(=O)N[C@@H](Cc1c[nH]c2ccccc12)C(=O)N[C@@H](CC(C)C)C(N)=O. The van der Waals surface area contributed by atoms with E-state index in [0.29, 0.717) is 24.0 Å². The van der Waals surface area contributed by atoms with Gasteiger partial charge in [-0.1, -0.05) is 110 Å². The Morgan fingerprint density at radius 1 is 0.354 bits per heavy atom. The van der Waals surface area contributed by atoms with Crippen LogP contribution in [0.5, 0.6) is 0 Å². The minimum absolute atomic E-state index is 0.00356. The third kappa shape index (κ3) is 37.4. The number of amides is 11. The maximum absolute atomic E-state index is 15.0. The molecule has 11 amide bonds. The van der Waals surface area contributed by atoms with Gasteiger partial charge in [-0.15, -0.1) is 0 Å². The van der Waals surface area contributed by atoms with Crippen molar-refractivity contribution in [2.75, 3.05) is 32.7 Å². The number of carbonyl (C=O) groups is 11. The minimum atomic E-state index is -1.49. The van der Waals surface area contributed by atoms with Crippen LogP contribution in [-0.4, -0.2) is 199 Å². The third-order valence-corrected chi connectivity index (χ3v) is 18.1. The number of hydrogen-bond donors (Lipinski definition) is 23. The fraction of sp³-hybridized carbons (Fsp3) is 0.595. The van der Waals surface area contributed by atoms with Gasteiger partial charge in [-0.3, -0.25) is 77.7 Å². The summed E-state index contributed by atoms with van der Waals surface area (Å²) in [6, 6.07) is 1.30. The van der Waals surface area contributed by atoms with Crippen molar-refractivity contribution in [2.45, 2.75) is 225 Å². The molecule has 0 fully saturated rings. The van der Waals surface area contributed by atoms with E-state index in [2.05, 4.69) is 83.1 Å². The van der Waals surface area contributed by atoms with Gasteiger partial charge in [0.2, 0.25) is 65.0 Å². The molecule has 0 aliphatic carbocycles. The van der Waals surface area contributed by atoms with Crippen LogP contribution in [0.15, 0.2) is 85.8 Å². The summed E-state index contributed by atoms with van der Waals surface area (Å²) in [6.07, 6.45) is 2.63. The van der Waals surface area contributed by atoms with Crippen LogP contribution in [0.25, 0.3) is 10.9 Å². The zero-order valence-electron chi connectivity index (χ0n) is 66.4. The molecule has 3 aromatic rings. The molecular weight excluding hydrogens is 1460 g/mol. The first kappa shape index (κ1) is 95.7. The Hall–Kier alpha value is -11.5. The lowest BCUT2D eigenvalue weighted by Crippen LogP contribution is -2.61. The van der Waals surface area contributed by atoms with Gasteiger partial charge in [0, 0.05) is 62.7 Å². The van der Waals surface area contributed by atoms with Crippen molar-refractivity contribution in [1.29, 1.82) is 0 Å². The van der Waals surface area contributed by atoms with Crippen LogP contribution in [0, 0.1) is 23.7 Å². The van der Waals surface area contributed by atoms with Crippen LogP contribution in [0.2, 0.25) is 0 Å². The van der Waals surface area contributed by atoms with E-state index in [1.165, 1.54) is 0 Å². The normalized spacial score (nSPS) is 14.3. The molecule has 0 unspecified atom stereocenters. The molecule has 113 heavy (non-hydrogen) atoms. The van der Waals surface area contributed by atoms with Crippen molar-refractivity contribution in [3.05, 3.63) is 71.9 Å². The maximum Gasteiger partial charge on any atom is 0.243 e. The zero-order chi connectivity index (χ0) is 84.4. The minimum Gasteiger partial charge on any atom is -0.370 e. The van der Waals surface area contributed by atoms with E-state index in [0.717, 1.165) is 10.9 Å². The van der Waals surface area contributed by atoms with Gasteiger partial charge < -0.3 is 127 Å². The highest BCUT2D eigenvalue weighted by Crippen LogP contribution is 2.21. The molecule has 0 bridgehead atoms. The molecule has 0 aliphatic heterocycles. The molecule has 0 aliphatic rings. The molecule has 0 saturated heterocycles. The first-order chi connectivity index (χ1) is 53.4. The van der Waals surface area contributed by atoms with Crippen LogP contribution in [0.4, 0.5) is 0 Å². The zero-order valence-corrected chi connectivity index (χ0v) is 66.4. The lowest BCUT2D eigenvalue weighted by atomic mass is 9.96. The molecule has 0 spiro atoms. The Morgan fingerprint density at radius 2 is 0.664 bits per heavy atom. The number of hydrogen-bond acceptors (Lipinski definition) is 17. The second kappa shape index (κ2) is 50.4. The molecular formula is C74H126N28O11. The molecule has 39 nitrogen and oxygen atoms in total. The van der Waals surface area contributed by atoms with E-state index in [1.54, 1.807) is 78.1 Å². The molecule has 3 rings (SSSR count). The number of H-pyrrole nitrogens is 1. The van der Waals surface area contributed by atoms with Crippen LogP contribution in [0.3, 0.4) is 0 Å². The molecule has 35 N–H and O–H groups in total. The smallest absolute Gasteiger partial charge is 0.243 e. The standard InChI is InChI=1S/C74H126N28O11/c1-9-43(8)58(69(113)101-55(36-42(6)7)65(109)95-51(27-18-32-90-73(83)84)63(107)100-57(68(112)97-53(59(76)103)34-40(2)3)38-45-39-92-48-24-14-13-22-46(45)48)102-64(108)52(28-19-33-91-74(85)86)94-61(105)50(26-17-31-89-72(81)82)96-67(111)56(37-44-20-11-10-12-21-44)99-66(110)54(35-41(4)5)98-62(106)49(25-16-30-88-71(79)80)93-60(104)47(75)23-15-29-87-70(77)78/h10-14,20-22,24,39-43,47,49-58,92H,9,15-19,23,25-38,75H2,1-8H3,(H2,76,103)(H,93,104)(H,94,105)(H,95,109)(H,96,111)(H,97,112)(H,98,106)(H,99,110)(H,100,107)(H,101,113)(H,102,108)(H4,77,78,87)(H4,79,80,88)(H4,81,82,89)(H4,83,84,90)(H4,85,86,91)/t43-,47-,49-,50-,51-,52-,53-,54-,55-,56-,57-,58-/m0/s1. The van der Waals surface area contributed by atoms with Crippen molar-refractivity contribution < 1.29 is 52.7 Å². The van der Waals surface area contributed by atoms with Crippen molar-refractivity contribution >= 4 is 106 Å². The maximum atomic E-state index is 15.0. The average Bonchev–Trinajstić information content (AvgIpc) is 1.68. The number of aromatic amines is 1. The van der Waals surface area contributed by atoms with E-state index in [-0.39, 0.29) is 170 Å². The van der Waals surface area contributed by atoms with E-state index in [4.69, 9.17) is 68.8 Å². The lowest BCUT2D eigenvalue weighted by molar-refractivity contribution is -0.137. The van der Waals surface area contributed by atoms with Crippen molar-refractivity contribution in [3.8, 4) is 0 Å². The first-order valence-corrected chi connectivity index (χ1v) is 38.3. The van der Waals surface area contributed by atoms with Gasteiger partial charge >= 0.3 is 0 Å². The quantitative estimate of drug-likeness (QED) is 0.0146. The van der Waals surface area contributed by atoms with Crippen molar-refractivity contribution in [2.24, 2.45) is 117 Å². The van der Waals surface area contributed by atoms with Gasteiger partial charge in [0.15, 0.2) is 29.8 Å². The van der Waals surface area contributed by atoms with Crippen LogP contribution in [0.1, 0.15) is 156 Å². The molecule has 1 aromatic heterocycles. The molecule has 12 atom stereocenters. The number of nitrogens with two attached hydrogens (primary N) is 12. The van der Waals surface area contributed by atoms with Gasteiger partial charge in [-0.25, -0.2) is 0 Å². The fourth-order valence-corrected chi connectivity index (χ4v) is 12.1. The molecule has 1 heterocycles. The lowest BCUT2D eigenvalue weighted by Gasteiger charge is -2.30. The Balaban J connectivity index is 2.08. The number of carbonyl (C=O) groups excluding carboxylic acids is 11. The number of para-hydroxylation sites is 1. The molecule has 0 saturated carbocycles. The van der Waals surface area contributed by atoms with Gasteiger partial charge in [0.25, 0.3) is 0 Å². The van der Waals surface area contributed by atoms with E-state index in [9.17, 15) is 38.4 Å². The molecule has 628 valence electrons. The highest BCUT2D eigenvalue weighted by atomic mass is 16.2. The monoisotopic (exact) mass is 1580 g/mol.